The molecule has 62 valence electrons. The van der Waals surface area contributed by atoms with Crippen LogP contribution in [0.4, 0.5) is 0 Å². The summed E-state index contributed by atoms with van der Waals surface area (Å²) >= 11 is 0. The summed E-state index contributed by atoms with van der Waals surface area (Å²) in [6, 6.07) is 1.73. The predicted octanol–water partition coefficient (Wildman–Crippen LogP) is -0.290. The Labute approximate surface area is 67.6 Å². The highest BCUT2D eigenvalue weighted by Crippen LogP contribution is 2.04. The van der Waals surface area contributed by atoms with Crippen molar-refractivity contribution in [1.82, 2.24) is 15.2 Å². The smallest absolute Gasteiger partial charge is 0.273 e. The average molecular weight is 164 g/mol. The van der Waals surface area contributed by atoms with Crippen LogP contribution in [0.5, 0.6) is 0 Å². The van der Waals surface area contributed by atoms with E-state index in [-0.39, 0.29) is 5.56 Å². The first kappa shape index (κ1) is 7.05. The fraction of sp³-hybridized carbons (Fsp3) is 0.143. The van der Waals surface area contributed by atoms with Crippen molar-refractivity contribution in [2.45, 2.75) is 6.54 Å². The summed E-state index contributed by atoms with van der Waals surface area (Å²) in [5, 5.41) is 5.65. The number of nitrogens with zero attached hydrogens (tertiary/aromatic N) is 1. The van der Waals surface area contributed by atoms with Gasteiger partial charge in [-0.15, -0.1) is 0 Å². The molecule has 5 heteroatoms. The van der Waals surface area contributed by atoms with Gasteiger partial charge in [0.05, 0.1) is 5.39 Å². The van der Waals surface area contributed by atoms with Gasteiger partial charge in [0.15, 0.2) is 5.65 Å². The van der Waals surface area contributed by atoms with Crippen LogP contribution >= 0.6 is 0 Å². The molecule has 0 aromatic carbocycles. The number of fused-ring (bicyclic) bond motifs is 1. The number of aromatic amines is 2. The van der Waals surface area contributed by atoms with Crippen LogP contribution in [0.15, 0.2) is 17.1 Å². The zero-order chi connectivity index (χ0) is 8.55. The highest BCUT2D eigenvalue weighted by Gasteiger charge is 2.01. The molecule has 0 aliphatic carbocycles. The van der Waals surface area contributed by atoms with Crippen LogP contribution in [0, 0.1) is 0 Å². The first-order valence-corrected chi connectivity index (χ1v) is 3.56. The van der Waals surface area contributed by atoms with Gasteiger partial charge in [-0.3, -0.25) is 15.0 Å². The minimum atomic E-state index is -0.159. The second-order valence-electron chi connectivity index (χ2n) is 2.52. The molecule has 4 N–H and O–H groups in total. The number of H-pyrrole nitrogens is 2. The number of pyridine rings is 1. The molecule has 12 heavy (non-hydrogen) atoms. The van der Waals surface area contributed by atoms with Crippen molar-refractivity contribution in [3.8, 4) is 0 Å². The van der Waals surface area contributed by atoms with Gasteiger partial charge in [0, 0.05) is 12.7 Å². The van der Waals surface area contributed by atoms with Crippen molar-refractivity contribution >= 4 is 11.0 Å². The minimum Gasteiger partial charge on any atom is -0.326 e. The van der Waals surface area contributed by atoms with Gasteiger partial charge < -0.3 is 5.73 Å². The summed E-state index contributed by atoms with van der Waals surface area (Å²) in [6.45, 7) is 0.396. The van der Waals surface area contributed by atoms with E-state index in [2.05, 4.69) is 15.2 Å². The lowest BCUT2D eigenvalue weighted by Crippen LogP contribution is -2.00. The van der Waals surface area contributed by atoms with Gasteiger partial charge >= 0.3 is 0 Å². The molecule has 0 saturated heterocycles. The zero-order valence-electron chi connectivity index (χ0n) is 6.29. The summed E-state index contributed by atoms with van der Waals surface area (Å²) in [5.41, 5.74) is 6.66. The second-order valence-corrected chi connectivity index (χ2v) is 2.52. The molecule has 2 aromatic heterocycles. The third-order valence-electron chi connectivity index (χ3n) is 1.72. The van der Waals surface area contributed by atoms with Crippen molar-refractivity contribution in [3.63, 3.8) is 0 Å². The summed E-state index contributed by atoms with van der Waals surface area (Å²) in [5.74, 6) is 0. The maximum Gasteiger partial charge on any atom is 0.273 e. The Kier molecular flexibility index (Phi) is 1.44. The molecule has 0 amide bonds. The topological polar surface area (TPSA) is 87.6 Å². The molecule has 0 spiro atoms. The van der Waals surface area contributed by atoms with E-state index in [9.17, 15) is 4.79 Å². The van der Waals surface area contributed by atoms with Crippen molar-refractivity contribution < 1.29 is 0 Å². The van der Waals surface area contributed by atoms with Crippen LogP contribution in [0.3, 0.4) is 0 Å². The number of hydrogen-bond donors (Lipinski definition) is 3. The van der Waals surface area contributed by atoms with E-state index in [1.807, 2.05) is 0 Å². The molecular weight excluding hydrogens is 156 g/mol. The number of nitrogens with two attached hydrogens (primary N) is 1. The Bertz CT molecular complexity index is 456. The average Bonchev–Trinajstić information content (AvgIpc) is 2.47. The van der Waals surface area contributed by atoms with E-state index < -0.39 is 0 Å². The van der Waals surface area contributed by atoms with Gasteiger partial charge in [0.1, 0.15) is 0 Å². The minimum absolute atomic E-state index is 0.159. The van der Waals surface area contributed by atoms with Crippen LogP contribution in [0.1, 0.15) is 5.56 Å². The molecule has 0 radical (unpaired) electrons. The largest absolute Gasteiger partial charge is 0.326 e. The summed E-state index contributed by atoms with van der Waals surface area (Å²) < 4.78 is 0. The monoisotopic (exact) mass is 164 g/mol. The van der Waals surface area contributed by atoms with Gasteiger partial charge in [0.2, 0.25) is 0 Å². The molecular formula is C7H8N4O. The Morgan fingerprint density at radius 1 is 1.50 bits per heavy atom. The van der Waals surface area contributed by atoms with Gasteiger partial charge in [0.25, 0.3) is 5.56 Å². The van der Waals surface area contributed by atoms with Gasteiger partial charge in [-0.25, -0.2) is 4.98 Å². The van der Waals surface area contributed by atoms with Crippen LogP contribution in [0.2, 0.25) is 0 Å². The van der Waals surface area contributed by atoms with Crippen LogP contribution in [0.25, 0.3) is 11.0 Å². The first-order chi connectivity index (χ1) is 5.81. The lowest BCUT2D eigenvalue weighted by molar-refractivity contribution is 1.05. The molecule has 2 rings (SSSR count). The van der Waals surface area contributed by atoms with Crippen LogP contribution in [-0.4, -0.2) is 15.2 Å². The van der Waals surface area contributed by atoms with Gasteiger partial charge in [-0.05, 0) is 11.6 Å². The number of nitrogens with one attached hydrogen (secondary N) is 2. The third kappa shape index (κ3) is 0.911. The molecule has 0 atom stereocenters. The fourth-order valence-electron chi connectivity index (χ4n) is 1.08. The lowest BCUT2D eigenvalue weighted by atomic mass is 10.2. The fourth-order valence-corrected chi connectivity index (χ4v) is 1.08. The Morgan fingerprint density at radius 3 is 3.08 bits per heavy atom. The maximum atomic E-state index is 11.1. The van der Waals surface area contributed by atoms with Crippen molar-refractivity contribution in [3.05, 3.63) is 28.2 Å². The highest BCUT2D eigenvalue weighted by atomic mass is 16.1. The quantitative estimate of drug-likeness (QED) is 0.541. The van der Waals surface area contributed by atoms with E-state index in [4.69, 9.17) is 5.73 Å². The number of hydrogen-bond acceptors (Lipinski definition) is 3. The number of aromatic nitrogens is 3. The first-order valence-electron chi connectivity index (χ1n) is 3.56. The molecule has 0 aliphatic rings. The molecule has 2 heterocycles. The van der Waals surface area contributed by atoms with Gasteiger partial charge in [-0.2, -0.15) is 0 Å². The van der Waals surface area contributed by atoms with E-state index >= 15 is 0 Å². The van der Waals surface area contributed by atoms with Gasteiger partial charge in [-0.1, -0.05) is 0 Å². The summed E-state index contributed by atoms with van der Waals surface area (Å²) in [7, 11) is 0. The van der Waals surface area contributed by atoms with Crippen LogP contribution in [-0.2, 0) is 6.54 Å². The third-order valence-corrected chi connectivity index (χ3v) is 1.72. The lowest BCUT2D eigenvalue weighted by Gasteiger charge is -1.92. The summed E-state index contributed by atoms with van der Waals surface area (Å²) in [4.78, 5) is 15.1. The molecule has 0 aliphatic heterocycles. The molecule has 2 aromatic rings. The molecule has 0 unspecified atom stereocenters. The standard InChI is InChI=1S/C7H8N4O/c8-2-4-1-5-6(9-3-4)10-11-7(5)12/h1,3H,2,8H2,(H2,9,10,11,12). The van der Waals surface area contributed by atoms with Crippen molar-refractivity contribution in [2.24, 2.45) is 5.73 Å². The van der Waals surface area contributed by atoms with Crippen molar-refractivity contribution in [1.29, 1.82) is 0 Å². The SMILES string of the molecule is NCc1cnc2[nH][nH]c(=O)c2c1. The second kappa shape index (κ2) is 2.46. The molecule has 0 saturated carbocycles. The summed E-state index contributed by atoms with van der Waals surface area (Å²) in [6.07, 6.45) is 1.64. The van der Waals surface area contributed by atoms with Crippen LogP contribution < -0.4 is 11.3 Å². The zero-order valence-corrected chi connectivity index (χ0v) is 6.29. The predicted molar refractivity (Wildman–Crippen MR) is 44.6 cm³/mol. The number of rotatable bonds is 1. The molecule has 0 fully saturated rings. The van der Waals surface area contributed by atoms with E-state index in [1.165, 1.54) is 0 Å². The van der Waals surface area contributed by atoms with Crippen molar-refractivity contribution in [2.75, 3.05) is 0 Å². The molecule has 5 nitrogen and oxygen atoms in total. The normalized spacial score (nSPS) is 10.8. The molecule has 0 bridgehead atoms. The Balaban J connectivity index is 2.80. The van der Waals surface area contributed by atoms with E-state index in [0.717, 1.165) is 5.56 Å². The highest BCUT2D eigenvalue weighted by molar-refractivity contribution is 5.73. The van der Waals surface area contributed by atoms with E-state index in [0.29, 0.717) is 17.6 Å². The Hall–Kier alpha value is -1.62. The van der Waals surface area contributed by atoms with E-state index in [1.54, 1.807) is 12.3 Å². The Morgan fingerprint density at radius 2 is 2.33 bits per heavy atom. The maximum absolute atomic E-state index is 11.1.